The van der Waals surface area contributed by atoms with Gasteiger partial charge >= 0.3 is 6.03 Å². The van der Waals surface area contributed by atoms with Gasteiger partial charge in [0.2, 0.25) is 0 Å². The quantitative estimate of drug-likeness (QED) is 0.549. The van der Waals surface area contributed by atoms with Crippen molar-refractivity contribution >= 4 is 27.5 Å². The topological polar surface area (TPSA) is 95.5 Å². The first kappa shape index (κ1) is 19.6. The van der Waals surface area contributed by atoms with E-state index < -0.39 is 16.1 Å². The Bertz CT molecular complexity index is 1140. The maximum absolute atomic E-state index is 12.4. The van der Waals surface area contributed by atoms with Crippen molar-refractivity contribution in [2.45, 2.75) is 18.7 Å². The molecule has 0 spiro atoms. The molecule has 0 heterocycles. The van der Waals surface area contributed by atoms with Crippen molar-refractivity contribution in [2.75, 3.05) is 10.6 Å². The number of para-hydroxylation sites is 1. The van der Waals surface area contributed by atoms with Gasteiger partial charge in [0, 0.05) is 11.3 Å². The molecule has 0 aliphatic carbocycles. The van der Waals surface area contributed by atoms with E-state index in [1.807, 2.05) is 25.1 Å². The Kier molecular flexibility index (Phi) is 5.48. The minimum Gasteiger partial charge on any atom is -0.308 e. The molecule has 6 nitrogen and oxygen atoms in total. The maximum Gasteiger partial charge on any atom is 0.323 e. The molecule has 28 heavy (non-hydrogen) atoms. The molecule has 2 amide bonds. The fraction of sp³-hybridized carbons (Fsp3) is 0.0952. The summed E-state index contributed by atoms with van der Waals surface area (Å²) in [5, 5.41) is 5.57. The molecule has 0 bridgehead atoms. The second kappa shape index (κ2) is 7.84. The Morgan fingerprint density at radius 3 is 2.25 bits per heavy atom. The van der Waals surface area contributed by atoms with E-state index in [1.54, 1.807) is 49.4 Å². The lowest BCUT2D eigenvalue weighted by molar-refractivity contribution is 0.262. The second-order valence-electron chi connectivity index (χ2n) is 6.40. The van der Waals surface area contributed by atoms with Crippen LogP contribution in [0.5, 0.6) is 0 Å². The average molecular weight is 396 g/mol. The molecular weight excluding hydrogens is 376 g/mol. The predicted octanol–water partition coefficient (Wildman–Crippen LogP) is 4.86. The first-order chi connectivity index (χ1) is 13.3. The van der Waals surface area contributed by atoms with Gasteiger partial charge in [-0.25, -0.2) is 4.79 Å². The smallest absolute Gasteiger partial charge is 0.308 e. The van der Waals surface area contributed by atoms with Crippen LogP contribution in [0.2, 0.25) is 0 Å². The van der Waals surface area contributed by atoms with Crippen molar-refractivity contribution in [3.05, 3.63) is 77.9 Å². The van der Waals surface area contributed by atoms with E-state index in [0.717, 1.165) is 5.56 Å². The van der Waals surface area contributed by atoms with E-state index >= 15 is 0 Å². The molecule has 0 aliphatic heterocycles. The van der Waals surface area contributed by atoms with E-state index in [-0.39, 0.29) is 4.90 Å². The van der Waals surface area contributed by atoms with Gasteiger partial charge in [0.25, 0.3) is 10.1 Å². The van der Waals surface area contributed by atoms with Gasteiger partial charge in [-0.3, -0.25) is 4.55 Å². The predicted molar refractivity (Wildman–Crippen MR) is 110 cm³/mol. The van der Waals surface area contributed by atoms with Gasteiger partial charge in [0.1, 0.15) is 0 Å². The monoisotopic (exact) mass is 396 g/mol. The van der Waals surface area contributed by atoms with Gasteiger partial charge in [-0.1, -0.05) is 42.5 Å². The lowest BCUT2D eigenvalue weighted by Gasteiger charge is -2.15. The van der Waals surface area contributed by atoms with Crippen molar-refractivity contribution in [1.29, 1.82) is 0 Å². The number of carbonyl (C=O) groups excluding carboxylic acids is 1. The van der Waals surface area contributed by atoms with Gasteiger partial charge in [0.15, 0.2) is 0 Å². The average Bonchev–Trinajstić information content (AvgIpc) is 2.61. The molecule has 0 saturated heterocycles. The summed E-state index contributed by atoms with van der Waals surface area (Å²) in [6, 6.07) is 18.7. The molecule has 0 unspecified atom stereocenters. The van der Waals surface area contributed by atoms with Crippen molar-refractivity contribution in [3.8, 4) is 11.1 Å². The Hall–Kier alpha value is -3.16. The highest BCUT2D eigenvalue weighted by atomic mass is 32.2. The number of urea groups is 1. The fourth-order valence-corrected chi connectivity index (χ4v) is 3.77. The van der Waals surface area contributed by atoms with Crippen LogP contribution < -0.4 is 10.6 Å². The summed E-state index contributed by atoms with van der Waals surface area (Å²) in [4.78, 5) is 12.3. The highest BCUT2D eigenvalue weighted by Gasteiger charge is 2.18. The molecule has 0 saturated carbocycles. The summed E-state index contributed by atoms with van der Waals surface area (Å²) in [6.07, 6.45) is 0. The van der Waals surface area contributed by atoms with Gasteiger partial charge in [-0.15, -0.1) is 0 Å². The zero-order valence-electron chi connectivity index (χ0n) is 15.4. The molecule has 3 rings (SSSR count). The third kappa shape index (κ3) is 4.39. The van der Waals surface area contributed by atoms with Crippen LogP contribution >= 0.6 is 0 Å². The first-order valence-electron chi connectivity index (χ1n) is 8.57. The number of anilines is 2. The van der Waals surface area contributed by atoms with Crippen molar-refractivity contribution in [3.63, 3.8) is 0 Å². The molecule has 0 atom stereocenters. The molecule has 0 radical (unpaired) electrons. The molecule has 3 aromatic carbocycles. The second-order valence-corrected chi connectivity index (χ2v) is 7.79. The summed E-state index contributed by atoms with van der Waals surface area (Å²) in [5.41, 5.74) is 3.85. The summed E-state index contributed by atoms with van der Waals surface area (Å²) in [7, 11) is -4.34. The zero-order chi connectivity index (χ0) is 20.3. The van der Waals surface area contributed by atoms with E-state index in [4.69, 9.17) is 0 Å². The lowest BCUT2D eigenvalue weighted by Crippen LogP contribution is -2.20. The third-order valence-corrected chi connectivity index (χ3v) is 5.30. The Morgan fingerprint density at radius 2 is 1.54 bits per heavy atom. The number of hydrogen-bond donors (Lipinski definition) is 3. The molecule has 0 aliphatic rings. The fourth-order valence-electron chi connectivity index (χ4n) is 3.02. The number of aryl methyl sites for hydroxylation is 1. The van der Waals surface area contributed by atoms with E-state index in [0.29, 0.717) is 28.1 Å². The third-order valence-electron chi connectivity index (χ3n) is 4.30. The summed E-state index contributed by atoms with van der Waals surface area (Å²) < 4.78 is 32.6. The Labute approximate surface area is 164 Å². The van der Waals surface area contributed by atoms with Crippen LogP contribution in [0.3, 0.4) is 0 Å². The molecular formula is C21H20N2O4S. The van der Waals surface area contributed by atoms with Crippen LogP contribution in [0, 0.1) is 13.8 Å². The van der Waals surface area contributed by atoms with Crippen molar-refractivity contribution < 1.29 is 17.8 Å². The molecule has 144 valence electrons. The highest BCUT2D eigenvalue weighted by molar-refractivity contribution is 7.85. The Balaban J connectivity index is 1.93. The normalized spacial score (nSPS) is 11.1. The standard InChI is InChI=1S/C21H20N2O4S/c1-14-7-5-8-16(13-14)22-21(24)23-19-11-4-3-9-18(19)17-10-6-12-20(15(17)2)28(25,26)27/h3-13H,1-2H3,(H2,22,23,24)(H,25,26,27). The number of nitrogens with one attached hydrogen (secondary N) is 2. The lowest BCUT2D eigenvalue weighted by atomic mass is 9.99. The van der Waals surface area contributed by atoms with Crippen LogP contribution in [0.15, 0.2) is 71.6 Å². The number of rotatable bonds is 4. The SMILES string of the molecule is Cc1cccc(NC(=O)Nc2ccccc2-c2cccc(S(=O)(=O)O)c2C)c1. The van der Waals surface area contributed by atoms with E-state index in [2.05, 4.69) is 10.6 Å². The number of hydrogen-bond acceptors (Lipinski definition) is 3. The van der Waals surface area contributed by atoms with Crippen LogP contribution in [0.4, 0.5) is 16.2 Å². The largest absolute Gasteiger partial charge is 0.323 e. The van der Waals surface area contributed by atoms with Gasteiger partial charge < -0.3 is 10.6 Å². The molecule has 3 aromatic rings. The van der Waals surface area contributed by atoms with Gasteiger partial charge in [-0.2, -0.15) is 8.42 Å². The number of benzene rings is 3. The number of amides is 2. The first-order valence-corrected chi connectivity index (χ1v) is 10.0. The molecule has 0 aromatic heterocycles. The molecule has 3 N–H and O–H groups in total. The van der Waals surface area contributed by atoms with Gasteiger partial charge in [-0.05, 0) is 54.8 Å². The maximum atomic E-state index is 12.4. The minimum absolute atomic E-state index is 0.163. The summed E-state index contributed by atoms with van der Waals surface area (Å²) >= 11 is 0. The van der Waals surface area contributed by atoms with Crippen LogP contribution in [0.1, 0.15) is 11.1 Å². The molecule has 0 fully saturated rings. The zero-order valence-corrected chi connectivity index (χ0v) is 16.2. The molecule has 7 heteroatoms. The van der Waals surface area contributed by atoms with Gasteiger partial charge in [0.05, 0.1) is 10.6 Å². The van der Waals surface area contributed by atoms with E-state index in [9.17, 15) is 17.8 Å². The Morgan fingerprint density at radius 1 is 0.857 bits per heavy atom. The minimum atomic E-state index is -4.34. The summed E-state index contributed by atoms with van der Waals surface area (Å²) in [5.74, 6) is 0. The van der Waals surface area contributed by atoms with Crippen LogP contribution in [0.25, 0.3) is 11.1 Å². The van der Waals surface area contributed by atoms with Crippen molar-refractivity contribution in [1.82, 2.24) is 0 Å². The van der Waals surface area contributed by atoms with Crippen molar-refractivity contribution in [2.24, 2.45) is 0 Å². The van der Waals surface area contributed by atoms with E-state index in [1.165, 1.54) is 6.07 Å². The number of carbonyl (C=O) groups is 1. The van der Waals surface area contributed by atoms with Crippen LogP contribution in [-0.4, -0.2) is 19.0 Å². The summed E-state index contributed by atoms with van der Waals surface area (Å²) in [6.45, 7) is 3.55. The highest BCUT2D eigenvalue weighted by Crippen LogP contribution is 2.33. The van der Waals surface area contributed by atoms with Crippen LogP contribution in [-0.2, 0) is 10.1 Å².